The molecule has 0 aromatic carbocycles. The second-order valence-electron chi connectivity index (χ2n) is 5.54. The Morgan fingerprint density at radius 3 is 2.78 bits per heavy atom. The number of piperazine rings is 1. The van der Waals surface area contributed by atoms with E-state index in [-0.39, 0.29) is 0 Å². The maximum atomic E-state index is 4.48. The summed E-state index contributed by atoms with van der Waals surface area (Å²) in [6.45, 7) is 14.6. The highest BCUT2D eigenvalue weighted by molar-refractivity contribution is 4.94. The van der Waals surface area contributed by atoms with Gasteiger partial charge in [0.1, 0.15) is 5.82 Å². The monoisotopic (exact) mass is 250 g/mol. The first-order chi connectivity index (χ1) is 8.61. The van der Waals surface area contributed by atoms with Gasteiger partial charge < -0.3 is 4.57 Å². The van der Waals surface area contributed by atoms with Gasteiger partial charge in [0.05, 0.1) is 6.54 Å². The summed E-state index contributed by atoms with van der Waals surface area (Å²) in [4.78, 5) is 9.59. The van der Waals surface area contributed by atoms with Gasteiger partial charge in [0.25, 0.3) is 0 Å². The van der Waals surface area contributed by atoms with E-state index in [1.165, 1.54) is 18.9 Å². The van der Waals surface area contributed by atoms with E-state index < -0.39 is 0 Å². The Labute approximate surface area is 111 Å². The van der Waals surface area contributed by atoms with Crippen LogP contribution in [0.1, 0.15) is 33.5 Å². The molecule has 2 rings (SSSR count). The average molecular weight is 250 g/mol. The molecule has 0 aliphatic carbocycles. The van der Waals surface area contributed by atoms with Crippen molar-refractivity contribution in [3.63, 3.8) is 0 Å². The van der Waals surface area contributed by atoms with Crippen LogP contribution in [0.3, 0.4) is 0 Å². The highest BCUT2D eigenvalue weighted by Crippen LogP contribution is 2.14. The number of nitrogens with zero attached hydrogens (tertiary/aromatic N) is 4. The van der Waals surface area contributed by atoms with E-state index >= 15 is 0 Å². The van der Waals surface area contributed by atoms with Crippen molar-refractivity contribution in [3.05, 3.63) is 18.2 Å². The third-order valence-corrected chi connectivity index (χ3v) is 4.01. The average Bonchev–Trinajstić information content (AvgIpc) is 2.78. The van der Waals surface area contributed by atoms with E-state index in [0.29, 0.717) is 12.1 Å². The molecule has 1 aliphatic heterocycles. The Balaban J connectivity index is 1.95. The van der Waals surface area contributed by atoms with Crippen molar-refractivity contribution in [3.8, 4) is 0 Å². The topological polar surface area (TPSA) is 24.3 Å². The van der Waals surface area contributed by atoms with Crippen LogP contribution < -0.4 is 0 Å². The maximum absolute atomic E-state index is 4.48. The number of hydrogen-bond acceptors (Lipinski definition) is 3. The van der Waals surface area contributed by atoms with Gasteiger partial charge in [0.2, 0.25) is 0 Å². The lowest BCUT2D eigenvalue weighted by Gasteiger charge is -2.41. The molecule has 0 amide bonds. The van der Waals surface area contributed by atoms with Gasteiger partial charge in [-0.25, -0.2) is 4.98 Å². The normalized spacial score (nSPS) is 22.8. The van der Waals surface area contributed by atoms with E-state index in [1.807, 2.05) is 6.20 Å². The summed E-state index contributed by atoms with van der Waals surface area (Å²) in [5.74, 6) is 1.20. The summed E-state index contributed by atoms with van der Waals surface area (Å²) >= 11 is 0. The molecule has 1 unspecified atom stereocenters. The van der Waals surface area contributed by atoms with Crippen LogP contribution in [0, 0.1) is 0 Å². The minimum absolute atomic E-state index is 0.614. The van der Waals surface area contributed by atoms with Gasteiger partial charge in [-0.05, 0) is 27.7 Å². The van der Waals surface area contributed by atoms with Crippen LogP contribution >= 0.6 is 0 Å². The van der Waals surface area contributed by atoms with Crippen LogP contribution in [0.2, 0.25) is 0 Å². The number of hydrogen-bond donors (Lipinski definition) is 0. The maximum Gasteiger partial charge on any atom is 0.122 e. The minimum Gasteiger partial charge on any atom is -0.334 e. The lowest BCUT2D eigenvalue weighted by Crippen LogP contribution is -2.53. The Kier molecular flexibility index (Phi) is 4.40. The summed E-state index contributed by atoms with van der Waals surface area (Å²) in [7, 11) is 0. The van der Waals surface area contributed by atoms with Crippen LogP contribution in [0.25, 0.3) is 0 Å². The first-order valence-electron chi connectivity index (χ1n) is 7.10. The van der Waals surface area contributed by atoms with Gasteiger partial charge in [-0.2, -0.15) is 0 Å². The van der Waals surface area contributed by atoms with Gasteiger partial charge in [-0.1, -0.05) is 0 Å². The molecule has 1 atom stereocenters. The van der Waals surface area contributed by atoms with Crippen LogP contribution in [0.5, 0.6) is 0 Å². The first-order valence-corrected chi connectivity index (χ1v) is 7.10. The van der Waals surface area contributed by atoms with E-state index in [9.17, 15) is 0 Å². The third kappa shape index (κ3) is 2.93. The van der Waals surface area contributed by atoms with Crippen molar-refractivity contribution in [2.75, 3.05) is 19.6 Å². The molecule has 0 saturated carbocycles. The van der Waals surface area contributed by atoms with Crippen molar-refractivity contribution in [1.82, 2.24) is 19.4 Å². The number of imidazole rings is 1. The van der Waals surface area contributed by atoms with Gasteiger partial charge >= 0.3 is 0 Å². The van der Waals surface area contributed by atoms with E-state index in [2.05, 4.69) is 53.2 Å². The molecule has 1 saturated heterocycles. The molecule has 4 heteroatoms. The van der Waals surface area contributed by atoms with E-state index in [4.69, 9.17) is 0 Å². The Bertz CT molecular complexity index is 372. The Hall–Kier alpha value is -0.870. The predicted octanol–water partition coefficient (Wildman–Crippen LogP) is 1.82. The smallest absolute Gasteiger partial charge is 0.122 e. The number of rotatable bonds is 4. The molecule has 0 radical (unpaired) electrons. The zero-order valence-electron chi connectivity index (χ0n) is 12.1. The van der Waals surface area contributed by atoms with Crippen LogP contribution in [0.15, 0.2) is 12.4 Å². The molecule has 102 valence electrons. The Morgan fingerprint density at radius 2 is 2.17 bits per heavy atom. The largest absolute Gasteiger partial charge is 0.334 e. The van der Waals surface area contributed by atoms with Crippen LogP contribution in [0.4, 0.5) is 0 Å². The second-order valence-corrected chi connectivity index (χ2v) is 5.54. The highest BCUT2D eigenvalue weighted by Gasteiger charge is 2.25. The van der Waals surface area contributed by atoms with Gasteiger partial charge in [0.15, 0.2) is 0 Å². The molecule has 0 spiro atoms. The lowest BCUT2D eigenvalue weighted by atomic mass is 10.1. The standard InChI is InChI=1S/C14H26N4/c1-5-16-7-6-15-14(16)11-18-9-8-17(12(2)3)10-13(18)4/h6-7,12-13H,5,8-11H2,1-4H3. The van der Waals surface area contributed by atoms with E-state index in [0.717, 1.165) is 19.6 Å². The molecular weight excluding hydrogens is 224 g/mol. The van der Waals surface area contributed by atoms with Crippen molar-refractivity contribution < 1.29 is 0 Å². The summed E-state index contributed by atoms with van der Waals surface area (Å²) < 4.78 is 2.24. The molecule has 0 N–H and O–H groups in total. The van der Waals surface area contributed by atoms with Crippen molar-refractivity contribution >= 4 is 0 Å². The van der Waals surface area contributed by atoms with Gasteiger partial charge in [0, 0.05) is 50.7 Å². The second kappa shape index (κ2) is 5.85. The number of aryl methyl sites for hydroxylation is 1. The van der Waals surface area contributed by atoms with Crippen molar-refractivity contribution in [2.24, 2.45) is 0 Å². The predicted molar refractivity (Wildman–Crippen MR) is 74.5 cm³/mol. The summed E-state index contributed by atoms with van der Waals surface area (Å²) in [6.07, 6.45) is 3.98. The zero-order valence-corrected chi connectivity index (χ0v) is 12.1. The molecule has 4 nitrogen and oxygen atoms in total. The zero-order chi connectivity index (χ0) is 13.1. The minimum atomic E-state index is 0.614. The molecule has 1 aromatic heterocycles. The van der Waals surface area contributed by atoms with E-state index in [1.54, 1.807) is 0 Å². The number of aromatic nitrogens is 2. The lowest BCUT2D eigenvalue weighted by molar-refractivity contribution is 0.0573. The Morgan fingerprint density at radius 1 is 1.39 bits per heavy atom. The fraction of sp³-hybridized carbons (Fsp3) is 0.786. The van der Waals surface area contributed by atoms with Crippen LogP contribution in [-0.4, -0.2) is 51.1 Å². The quantitative estimate of drug-likeness (QED) is 0.814. The molecule has 1 fully saturated rings. The molecule has 0 bridgehead atoms. The van der Waals surface area contributed by atoms with Gasteiger partial charge in [-0.3, -0.25) is 9.80 Å². The molecular formula is C14H26N4. The molecule has 2 heterocycles. The SMILES string of the molecule is CCn1ccnc1CN1CCN(C(C)C)CC1C. The molecule has 18 heavy (non-hydrogen) atoms. The summed E-state index contributed by atoms with van der Waals surface area (Å²) in [5, 5.41) is 0. The van der Waals surface area contributed by atoms with Gasteiger partial charge in [-0.15, -0.1) is 0 Å². The summed E-state index contributed by atoms with van der Waals surface area (Å²) in [5.41, 5.74) is 0. The highest BCUT2D eigenvalue weighted by atomic mass is 15.3. The molecule has 1 aliphatic rings. The van der Waals surface area contributed by atoms with Crippen molar-refractivity contribution in [2.45, 2.75) is 52.9 Å². The van der Waals surface area contributed by atoms with Crippen molar-refractivity contribution in [1.29, 1.82) is 0 Å². The summed E-state index contributed by atoms with van der Waals surface area (Å²) in [6, 6.07) is 1.27. The fourth-order valence-electron chi connectivity index (χ4n) is 2.69. The molecule has 1 aromatic rings. The first kappa shape index (κ1) is 13.6. The third-order valence-electron chi connectivity index (χ3n) is 4.01. The van der Waals surface area contributed by atoms with Crippen LogP contribution in [-0.2, 0) is 13.1 Å². The fourth-order valence-corrected chi connectivity index (χ4v) is 2.69.